The van der Waals surface area contributed by atoms with Gasteiger partial charge in [-0.15, -0.1) is 0 Å². The van der Waals surface area contributed by atoms with Crippen molar-refractivity contribution in [1.29, 1.82) is 0 Å². The van der Waals surface area contributed by atoms with E-state index in [9.17, 15) is 0 Å². The van der Waals surface area contributed by atoms with E-state index in [0.29, 0.717) is 5.89 Å². The van der Waals surface area contributed by atoms with Crippen LogP contribution < -0.4 is 0 Å². The third-order valence-corrected chi connectivity index (χ3v) is 9.83. The molecule has 7 aromatic carbocycles. The standard InChI is InChI=1S/C47H36N2O/c1-47(2,3)41-19-12-22-44-45(41)48-46(50-44)33-25-23-31(24-26-33)35-13-4-6-15-37(35)38-16-7-5-14-36(38)32-27-29-34(30-28-32)49-42-20-10-8-17-39(42)40-18-9-11-21-43(40)49/h4-30H,1-3H3. The van der Waals surface area contributed by atoms with Gasteiger partial charge in [0, 0.05) is 22.0 Å². The molecule has 0 saturated carbocycles. The first-order valence-electron chi connectivity index (χ1n) is 17.2. The first-order valence-corrected chi connectivity index (χ1v) is 17.2. The summed E-state index contributed by atoms with van der Waals surface area (Å²) in [6.07, 6.45) is 0. The van der Waals surface area contributed by atoms with Crippen molar-refractivity contribution >= 4 is 32.9 Å². The van der Waals surface area contributed by atoms with Crippen molar-refractivity contribution in [2.75, 3.05) is 0 Å². The second-order valence-corrected chi connectivity index (χ2v) is 14.0. The first-order chi connectivity index (χ1) is 24.4. The zero-order valence-corrected chi connectivity index (χ0v) is 28.4. The first kappa shape index (κ1) is 29.9. The lowest BCUT2D eigenvalue weighted by Gasteiger charge is -2.18. The van der Waals surface area contributed by atoms with E-state index in [4.69, 9.17) is 9.40 Å². The molecule has 50 heavy (non-hydrogen) atoms. The highest BCUT2D eigenvalue weighted by Gasteiger charge is 2.21. The molecular formula is C47H36N2O. The van der Waals surface area contributed by atoms with Crippen molar-refractivity contribution in [2.24, 2.45) is 0 Å². The lowest BCUT2D eigenvalue weighted by atomic mass is 9.86. The summed E-state index contributed by atoms with van der Waals surface area (Å²) in [6, 6.07) is 58.5. The van der Waals surface area contributed by atoms with E-state index in [1.165, 1.54) is 55.2 Å². The van der Waals surface area contributed by atoms with Crippen LogP contribution in [0.25, 0.3) is 83.4 Å². The molecule has 240 valence electrons. The van der Waals surface area contributed by atoms with E-state index in [2.05, 4.69) is 183 Å². The summed E-state index contributed by atoms with van der Waals surface area (Å²) >= 11 is 0. The average Bonchev–Trinajstić information content (AvgIpc) is 3.74. The van der Waals surface area contributed by atoms with Crippen LogP contribution in [0.5, 0.6) is 0 Å². The molecule has 0 bridgehead atoms. The van der Waals surface area contributed by atoms with Crippen LogP contribution in [0.4, 0.5) is 0 Å². The number of hydrogen-bond acceptors (Lipinski definition) is 2. The van der Waals surface area contributed by atoms with Gasteiger partial charge in [0.1, 0.15) is 5.52 Å². The SMILES string of the molecule is CC(C)(C)c1cccc2oc(-c3ccc(-c4ccccc4-c4ccccc4-c4ccc(-n5c6ccccc6c6ccccc65)cc4)cc3)nc12. The number of rotatable bonds is 5. The monoisotopic (exact) mass is 644 g/mol. The van der Waals surface area contributed by atoms with Crippen molar-refractivity contribution < 1.29 is 4.42 Å². The van der Waals surface area contributed by atoms with E-state index < -0.39 is 0 Å². The number of nitrogens with zero attached hydrogens (tertiary/aromatic N) is 2. The maximum absolute atomic E-state index is 6.25. The smallest absolute Gasteiger partial charge is 0.227 e. The summed E-state index contributed by atoms with van der Waals surface area (Å²) < 4.78 is 8.62. The van der Waals surface area contributed by atoms with Gasteiger partial charge in [-0.25, -0.2) is 4.98 Å². The molecule has 0 radical (unpaired) electrons. The summed E-state index contributed by atoms with van der Waals surface area (Å²) in [5, 5.41) is 2.54. The minimum atomic E-state index is -0.0219. The predicted octanol–water partition coefficient (Wildman–Crippen LogP) is 12.9. The fraction of sp³-hybridized carbons (Fsp3) is 0.0851. The van der Waals surface area contributed by atoms with Crippen LogP contribution >= 0.6 is 0 Å². The Morgan fingerprint density at radius 2 is 0.940 bits per heavy atom. The Morgan fingerprint density at radius 3 is 1.50 bits per heavy atom. The van der Waals surface area contributed by atoms with Crippen LogP contribution in [-0.2, 0) is 5.41 Å². The summed E-state index contributed by atoms with van der Waals surface area (Å²) in [7, 11) is 0. The Bertz CT molecular complexity index is 2610. The van der Waals surface area contributed by atoms with Crippen LogP contribution in [-0.4, -0.2) is 9.55 Å². The molecular weight excluding hydrogens is 609 g/mol. The normalized spacial score (nSPS) is 11.9. The van der Waals surface area contributed by atoms with Crippen LogP contribution in [0.15, 0.2) is 168 Å². The van der Waals surface area contributed by atoms with Gasteiger partial charge in [0.15, 0.2) is 5.58 Å². The topological polar surface area (TPSA) is 31.0 Å². The molecule has 0 spiro atoms. The minimum Gasteiger partial charge on any atom is -0.436 e. The van der Waals surface area contributed by atoms with Gasteiger partial charge in [-0.05, 0) is 86.8 Å². The molecule has 0 N–H and O–H groups in total. The number of aromatic nitrogens is 2. The summed E-state index contributed by atoms with van der Waals surface area (Å²) in [5.74, 6) is 0.645. The molecule has 0 aliphatic rings. The average molecular weight is 645 g/mol. The Labute approximate surface area is 292 Å². The Kier molecular flexibility index (Phi) is 7.03. The molecule has 9 aromatic rings. The van der Waals surface area contributed by atoms with E-state index >= 15 is 0 Å². The second kappa shape index (κ2) is 11.7. The molecule has 0 saturated heterocycles. The highest BCUT2D eigenvalue weighted by Crippen LogP contribution is 2.40. The fourth-order valence-corrected chi connectivity index (χ4v) is 7.40. The van der Waals surface area contributed by atoms with Gasteiger partial charge in [-0.3, -0.25) is 0 Å². The van der Waals surface area contributed by atoms with Gasteiger partial charge in [-0.2, -0.15) is 0 Å². The largest absolute Gasteiger partial charge is 0.436 e. The molecule has 0 unspecified atom stereocenters. The number of oxazole rings is 1. The predicted molar refractivity (Wildman–Crippen MR) is 209 cm³/mol. The van der Waals surface area contributed by atoms with Crippen molar-refractivity contribution in [3.63, 3.8) is 0 Å². The Hall–Kier alpha value is -6.19. The maximum Gasteiger partial charge on any atom is 0.227 e. The minimum absolute atomic E-state index is 0.0219. The van der Waals surface area contributed by atoms with Crippen molar-refractivity contribution in [3.8, 4) is 50.5 Å². The van der Waals surface area contributed by atoms with Crippen molar-refractivity contribution in [3.05, 3.63) is 169 Å². The molecule has 0 atom stereocenters. The maximum atomic E-state index is 6.25. The summed E-state index contributed by atoms with van der Waals surface area (Å²) in [4.78, 5) is 4.95. The second-order valence-electron chi connectivity index (χ2n) is 14.0. The zero-order valence-electron chi connectivity index (χ0n) is 28.4. The van der Waals surface area contributed by atoms with Gasteiger partial charge in [0.2, 0.25) is 5.89 Å². The summed E-state index contributed by atoms with van der Waals surface area (Å²) in [5.41, 5.74) is 14.6. The van der Waals surface area contributed by atoms with Gasteiger partial charge in [-0.1, -0.05) is 142 Å². The molecule has 2 aromatic heterocycles. The fourth-order valence-electron chi connectivity index (χ4n) is 7.40. The van der Waals surface area contributed by atoms with Crippen LogP contribution in [0.3, 0.4) is 0 Å². The molecule has 0 amide bonds. The number of hydrogen-bond donors (Lipinski definition) is 0. The number of benzene rings is 7. The van der Waals surface area contributed by atoms with Crippen LogP contribution in [0.1, 0.15) is 26.3 Å². The number of para-hydroxylation sites is 3. The van der Waals surface area contributed by atoms with Gasteiger partial charge in [0.25, 0.3) is 0 Å². The third kappa shape index (κ3) is 5.02. The lowest BCUT2D eigenvalue weighted by molar-refractivity contribution is 0.593. The molecule has 0 aliphatic carbocycles. The van der Waals surface area contributed by atoms with Crippen LogP contribution in [0.2, 0.25) is 0 Å². The van der Waals surface area contributed by atoms with E-state index in [1.54, 1.807) is 0 Å². The van der Waals surface area contributed by atoms with Gasteiger partial charge < -0.3 is 8.98 Å². The third-order valence-electron chi connectivity index (χ3n) is 9.83. The quantitative estimate of drug-likeness (QED) is 0.187. The van der Waals surface area contributed by atoms with E-state index in [-0.39, 0.29) is 5.41 Å². The van der Waals surface area contributed by atoms with E-state index in [0.717, 1.165) is 27.9 Å². The molecule has 3 nitrogen and oxygen atoms in total. The van der Waals surface area contributed by atoms with Gasteiger partial charge in [0.05, 0.1) is 11.0 Å². The summed E-state index contributed by atoms with van der Waals surface area (Å²) in [6.45, 7) is 6.63. The zero-order chi connectivity index (χ0) is 33.8. The van der Waals surface area contributed by atoms with E-state index in [1.807, 2.05) is 6.07 Å². The van der Waals surface area contributed by atoms with Crippen molar-refractivity contribution in [2.45, 2.75) is 26.2 Å². The lowest BCUT2D eigenvalue weighted by Crippen LogP contribution is -2.11. The molecule has 0 fully saturated rings. The van der Waals surface area contributed by atoms with Crippen LogP contribution in [0, 0.1) is 0 Å². The van der Waals surface area contributed by atoms with Crippen molar-refractivity contribution in [1.82, 2.24) is 9.55 Å². The van der Waals surface area contributed by atoms with Gasteiger partial charge >= 0.3 is 0 Å². The molecule has 3 heteroatoms. The molecule has 2 heterocycles. The molecule has 9 rings (SSSR count). The Morgan fingerprint density at radius 1 is 0.460 bits per heavy atom. The Balaban J connectivity index is 1.07. The molecule has 0 aliphatic heterocycles. The highest BCUT2D eigenvalue weighted by atomic mass is 16.3. The highest BCUT2D eigenvalue weighted by molar-refractivity contribution is 6.09. The number of fused-ring (bicyclic) bond motifs is 4.